The van der Waals surface area contributed by atoms with Crippen molar-refractivity contribution in [3.63, 3.8) is 0 Å². The van der Waals surface area contributed by atoms with Crippen molar-refractivity contribution in [2.24, 2.45) is 0 Å². The fourth-order valence-corrected chi connectivity index (χ4v) is 3.39. The third-order valence-corrected chi connectivity index (χ3v) is 4.60. The van der Waals surface area contributed by atoms with Gasteiger partial charge in [0.05, 0.1) is 10.6 Å². The Hall–Kier alpha value is -1.85. The Morgan fingerprint density at radius 1 is 1.09 bits per heavy atom. The summed E-state index contributed by atoms with van der Waals surface area (Å²) < 4.78 is 0.930. The number of carbonyl (C=O) groups excluding carboxylic acids is 2. The first-order chi connectivity index (χ1) is 10.5. The predicted octanol–water partition coefficient (Wildman–Crippen LogP) is 5.00. The standard InChI is InChI=1S/C17H12BrNO2S/c1-11-5-7-14(8-6-11)19-16(20)15(22-17(19)21)10-12-3-2-4-13(18)9-12/h2-10H,1H3/b15-10-. The molecule has 0 spiro atoms. The zero-order valence-electron chi connectivity index (χ0n) is 11.7. The molecule has 0 bridgehead atoms. The van der Waals surface area contributed by atoms with Gasteiger partial charge in [-0.1, -0.05) is 45.8 Å². The molecule has 0 aromatic heterocycles. The van der Waals surface area contributed by atoms with Gasteiger partial charge in [-0.3, -0.25) is 9.59 Å². The molecule has 0 unspecified atom stereocenters. The fourth-order valence-electron chi connectivity index (χ4n) is 2.13. The molecule has 1 aliphatic heterocycles. The highest BCUT2D eigenvalue weighted by atomic mass is 79.9. The van der Waals surface area contributed by atoms with Gasteiger partial charge >= 0.3 is 0 Å². The van der Waals surface area contributed by atoms with Crippen LogP contribution in [0.2, 0.25) is 0 Å². The van der Waals surface area contributed by atoms with Crippen LogP contribution in [-0.2, 0) is 4.79 Å². The highest BCUT2D eigenvalue weighted by Crippen LogP contribution is 2.35. The number of thioether (sulfide) groups is 1. The van der Waals surface area contributed by atoms with E-state index >= 15 is 0 Å². The second-order valence-electron chi connectivity index (χ2n) is 4.91. The molecule has 5 heteroatoms. The van der Waals surface area contributed by atoms with E-state index in [1.54, 1.807) is 18.2 Å². The van der Waals surface area contributed by atoms with Crippen LogP contribution in [0, 0.1) is 6.92 Å². The molecule has 0 atom stereocenters. The maximum absolute atomic E-state index is 12.5. The first kappa shape index (κ1) is 15.1. The number of hydrogen-bond donors (Lipinski definition) is 0. The van der Waals surface area contributed by atoms with Gasteiger partial charge in [0, 0.05) is 4.47 Å². The molecule has 3 rings (SSSR count). The van der Waals surface area contributed by atoms with E-state index in [9.17, 15) is 9.59 Å². The number of imide groups is 1. The maximum Gasteiger partial charge on any atom is 0.298 e. The van der Waals surface area contributed by atoms with Crippen LogP contribution in [0.25, 0.3) is 6.08 Å². The third-order valence-electron chi connectivity index (χ3n) is 3.23. The molecule has 0 N–H and O–H groups in total. The summed E-state index contributed by atoms with van der Waals surface area (Å²) in [7, 11) is 0. The van der Waals surface area contributed by atoms with E-state index in [4.69, 9.17) is 0 Å². The van der Waals surface area contributed by atoms with Crippen molar-refractivity contribution in [2.75, 3.05) is 4.90 Å². The predicted molar refractivity (Wildman–Crippen MR) is 93.8 cm³/mol. The molecule has 1 fully saturated rings. The van der Waals surface area contributed by atoms with Gasteiger partial charge in [0.25, 0.3) is 11.1 Å². The number of aryl methyl sites for hydroxylation is 1. The zero-order valence-corrected chi connectivity index (χ0v) is 14.1. The number of halogens is 1. The van der Waals surface area contributed by atoms with Gasteiger partial charge in [0.1, 0.15) is 0 Å². The van der Waals surface area contributed by atoms with Gasteiger partial charge in [-0.15, -0.1) is 0 Å². The Balaban J connectivity index is 1.93. The second kappa shape index (κ2) is 6.10. The molecule has 1 saturated heterocycles. The number of amides is 2. The van der Waals surface area contributed by atoms with Gasteiger partial charge in [0.2, 0.25) is 0 Å². The molecule has 2 amide bonds. The Morgan fingerprint density at radius 2 is 1.82 bits per heavy atom. The number of carbonyl (C=O) groups is 2. The van der Waals surface area contributed by atoms with Crippen molar-refractivity contribution in [2.45, 2.75) is 6.92 Å². The fraction of sp³-hybridized carbons (Fsp3) is 0.0588. The second-order valence-corrected chi connectivity index (χ2v) is 6.82. The van der Waals surface area contributed by atoms with E-state index in [-0.39, 0.29) is 11.1 Å². The maximum atomic E-state index is 12.5. The summed E-state index contributed by atoms with van der Waals surface area (Å²) in [5.41, 5.74) is 2.56. The highest BCUT2D eigenvalue weighted by molar-refractivity contribution is 9.10. The minimum absolute atomic E-state index is 0.268. The minimum Gasteiger partial charge on any atom is -0.268 e. The lowest BCUT2D eigenvalue weighted by molar-refractivity contribution is -0.113. The molecular weight excluding hydrogens is 362 g/mol. The summed E-state index contributed by atoms with van der Waals surface area (Å²) in [6.07, 6.45) is 1.74. The first-order valence-electron chi connectivity index (χ1n) is 6.65. The molecule has 22 heavy (non-hydrogen) atoms. The lowest BCUT2D eigenvalue weighted by Gasteiger charge is -2.12. The van der Waals surface area contributed by atoms with Crippen molar-refractivity contribution < 1.29 is 9.59 Å². The van der Waals surface area contributed by atoms with Crippen molar-refractivity contribution >= 4 is 50.6 Å². The molecule has 2 aromatic carbocycles. The molecule has 110 valence electrons. The van der Waals surface area contributed by atoms with E-state index < -0.39 is 0 Å². The van der Waals surface area contributed by atoms with E-state index in [0.29, 0.717) is 10.6 Å². The normalized spacial score (nSPS) is 16.6. The van der Waals surface area contributed by atoms with E-state index in [1.807, 2.05) is 43.3 Å². The zero-order chi connectivity index (χ0) is 15.7. The van der Waals surface area contributed by atoms with Crippen molar-refractivity contribution in [3.05, 3.63) is 69.0 Å². The summed E-state index contributed by atoms with van der Waals surface area (Å²) in [6, 6.07) is 14.9. The monoisotopic (exact) mass is 373 g/mol. The lowest BCUT2D eigenvalue weighted by atomic mass is 10.2. The highest BCUT2D eigenvalue weighted by Gasteiger charge is 2.36. The van der Waals surface area contributed by atoms with Crippen molar-refractivity contribution in [1.82, 2.24) is 0 Å². The Labute approximate surface area is 141 Å². The Morgan fingerprint density at radius 3 is 2.50 bits per heavy atom. The third kappa shape index (κ3) is 3.00. The van der Waals surface area contributed by atoms with E-state index in [1.165, 1.54) is 4.90 Å². The average molecular weight is 374 g/mol. The summed E-state index contributed by atoms with van der Waals surface area (Å²) in [5.74, 6) is -0.279. The smallest absolute Gasteiger partial charge is 0.268 e. The van der Waals surface area contributed by atoms with Gasteiger partial charge < -0.3 is 0 Å². The van der Waals surface area contributed by atoms with Crippen LogP contribution in [0.4, 0.5) is 10.5 Å². The Bertz CT molecular complexity index is 784. The molecule has 0 radical (unpaired) electrons. The number of hydrogen-bond acceptors (Lipinski definition) is 3. The average Bonchev–Trinajstić information content (AvgIpc) is 2.75. The summed E-state index contributed by atoms with van der Waals surface area (Å²) >= 11 is 4.36. The van der Waals surface area contributed by atoms with Crippen LogP contribution in [0.15, 0.2) is 57.9 Å². The number of anilines is 1. The Kier molecular flexibility index (Phi) is 4.18. The van der Waals surface area contributed by atoms with Crippen LogP contribution < -0.4 is 4.90 Å². The summed E-state index contributed by atoms with van der Waals surface area (Å²) in [5, 5.41) is -0.268. The van der Waals surface area contributed by atoms with Gasteiger partial charge in [-0.25, -0.2) is 4.90 Å². The lowest BCUT2D eigenvalue weighted by Crippen LogP contribution is -2.27. The van der Waals surface area contributed by atoms with E-state index in [0.717, 1.165) is 27.4 Å². The molecule has 1 heterocycles. The van der Waals surface area contributed by atoms with Crippen LogP contribution in [0.3, 0.4) is 0 Å². The number of benzene rings is 2. The first-order valence-corrected chi connectivity index (χ1v) is 8.26. The summed E-state index contributed by atoms with van der Waals surface area (Å²) in [4.78, 5) is 26.3. The summed E-state index contributed by atoms with van der Waals surface area (Å²) in [6.45, 7) is 1.96. The quantitative estimate of drug-likeness (QED) is 0.695. The molecule has 0 saturated carbocycles. The van der Waals surface area contributed by atoms with Gasteiger partial charge in [-0.2, -0.15) is 0 Å². The van der Waals surface area contributed by atoms with Gasteiger partial charge in [-0.05, 0) is 54.6 Å². The van der Waals surface area contributed by atoms with E-state index in [2.05, 4.69) is 15.9 Å². The minimum atomic E-state index is -0.279. The van der Waals surface area contributed by atoms with Crippen LogP contribution in [-0.4, -0.2) is 11.1 Å². The van der Waals surface area contributed by atoms with Crippen LogP contribution in [0.1, 0.15) is 11.1 Å². The molecular formula is C17H12BrNO2S. The molecule has 3 nitrogen and oxygen atoms in total. The SMILES string of the molecule is Cc1ccc(N2C(=O)S/C(=C\c3cccc(Br)c3)C2=O)cc1. The topological polar surface area (TPSA) is 37.4 Å². The molecule has 2 aromatic rings. The molecule has 1 aliphatic rings. The molecule has 0 aliphatic carbocycles. The number of nitrogens with zero attached hydrogens (tertiary/aromatic N) is 1. The number of rotatable bonds is 2. The van der Waals surface area contributed by atoms with Crippen molar-refractivity contribution in [1.29, 1.82) is 0 Å². The van der Waals surface area contributed by atoms with Crippen molar-refractivity contribution in [3.8, 4) is 0 Å². The van der Waals surface area contributed by atoms with Crippen LogP contribution >= 0.6 is 27.7 Å². The van der Waals surface area contributed by atoms with Crippen LogP contribution in [0.5, 0.6) is 0 Å². The largest absolute Gasteiger partial charge is 0.298 e. The van der Waals surface area contributed by atoms with Gasteiger partial charge in [0.15, 0.2) is 0 Å².